The third kappa shape index (κ3) is 6.06. The fraction of sp³-hybridized carbons (Fsp3) is 0.125. The van der Waals surface area contributed by atoms with Gasteiger partial charge in [0.05, 0.1) is 10.7 Å². The molecule has 2 aromatic carbocycles. The van der Waals surface area contributed by atoms with E-state index in [0.717, 1.165) is 11.8 Å². The Morgan fingerprint density at radius 3 is 2.38 bits per heavy atom. The van der Waals surface area contributed by atoms with Crippen LogP contribution in [0, 0.1) is 15.9 Å². The monoisotopic (exact) mass is 379 g/mol. The summed E-state index contributed by atoms with van der Waals surface area (Å²) >= 11 is 1.15. The third-order valence-electron chi connectivity index (χ3n) is 2.95. The molecular formula is C16H14FN3O5S. The number of thioether (sulfide) groups is 1. The van der Waals surface area contributed by atoms with Crippen LogP contribution in [0.5, 0.6) is 5.75 Å². The van der Waals surface area contributed by atoms with Crippen LogP contribution in [0.15, 0.2) is 53.4 Å². The van der Waals surface area contributed by atoms with E-state index in [1.807, 2.05) is 0 Å². The number of carbonyl (C=O) groups excluding carboxylic acids is 2. The van der Waals surface area contributed by atoms with Crippen molar-refractivity contribution in [3.63, 3.8) is 0 Å². The normalized spacial score (nSPS) is 10.0. The summed E-state index contributed by atoms with van der Waals surface area (Å²) in [5.74, 6) is -1.80. The number of ether oxygens (including phenoxy) is 1. The minimum absolute atomic E-state index is 0.00768. The van der Waals surface area contributed by atoms with Crippen LogP contribution in [0.25, 0.3) is 0 Å². The molecule has 2 aromatic rings. The summed E-state index contributed by atoms with van der Waals surface area (Å²) in [7, 11) is 0. The van der Waals surface area contributed by atoms with Crippen molar-refractivity contribution < 1.29 is 23.6 Å². The zero-order valence-corrected chi connectivity index (χ0v) is 14.1. The molecule has 0 aliphatic heterocycles. The average molecular weight is 379 g/mol. The van der Waals surface area contributed by atoms with Crippen LogP contribution in [0.1, 0.15) is 0 Å². The molecule has 0 saturated carbocycles. The largest absolute Gasteiger partial charge is 0.481 e. The summed E-state index contributed by atoms with van der Waals surface area (Å²) in [5.41, 5.74) is 4.29. The van der Waals surface area contributed by atoms with Crippen molar-refractivity contribution in [2.75, 3.05) is 12.4 Å². The van der Waals surface area contributed by atoms with Crippen molar-refractivity contribution in [2.24, 2.45) is 0 Å². The van der Waals surface area contributed by atoms with E-state index < -0.39 is 29.2 Å². The predicted molar refractivity (Wildman–Crippen MR) is 92.0 cm³/mol. The highest BCUT2D eigenvalue weighted by Gasteiger charge is 2.09. The SMILES string of the molecule is O=C(COc1ccccc1F)NNC(=O)CSc1ccc([N+](=O)[O-])cc1. The molecule has 0 aliphatic rings. The molecule has 0 aliphatic carbocycles. The van der Waals surface area contributed by atoms with Crippen molar-refractivity contribution in [3.8, 4) is 5.75 Å². The molecule has 2 N–H and O–H groups in total. The van der Waals surface area contributed by atoms with Crippen LogP contribution in [-0.2, 0) is 9.59 Å². The molecule has 2 rings (SSSR count). The lowest BCUT2D eigenvalue weighted by atomic mass is 10.3. The Kier molecular flexibility index (Phi) is 6.92. The Bertz CT molecular complexity index is 801. The van der Waals surface area contributed by atoms with Crippen LogP contribution in [0.4, 0.5) is 10.1 Å². The number of hydrogen-bond donors (Lipinski definition) is 2. The highest BCUT2D eigenvalue weighted by Crippen LogP contribution is 2.21. The number of amides is 2. The van der Waals surface area contributed by atoms with Gasteiger partial charge in [-0.25, -0.2) is 4.39 Å². The highest BCUT2D eigenvalue weighted by atomic mass is 32.2. The Morgan fingerprint density at radius 2 is 1.73 bits per heavy atom. The van der Waals surface area contributed by atoms with E-state index in [4.69, 9.17) is 4.74 Å². The molecular weight excluding hydrogens is 365 g/mol. The van der Waals surface area contributed by atoms with Gasteiger partial charge in [0, 0.05) is 17.0 Å². The van der Waals surface area contributed by atoms with Gasteiger partial charge in [0.15, 0.2) is 18.2 Å². The van der Waals surface area contributed by atoms with Crippen molar-refractivity contribution in [2.45, 2.75) is 4.90 Å². The van der Waals surface area contributed by atoms with Gasteiger partial charge in [-0.05, 0) is 24.3 Å². The quantitative estimate of drug-likeness (QED) is 0.433. The standard InChI is InChI=1S/C16H14FN3O5S/c17-13-3-1-2-4-14(13)25-9-15(21)18-19-16(22)10-26-12-7-5-11(6-8-12)20(23)24/h1-8H,9-10H2,(H,18,21)(H,19,22). The zero-order chi connectivity index (χ0) is 18.9. The molecule has 0 saturated heterocycles. The van der Waals surface area contributed by atoms with Crippen molar-refractivity contribution >= 4 is 29.3 Å². The maximum absolute atomic E-state index is 13.3. The number of nitrogens with zero attached hydrogens (tertiary/aromatic N) is 1. The topological polar surface area (TPSA) is 111 Å². The minimum Gasteiger partial charge on any atom is -0.481 e. The van der Waals surface area contributed by atoms with Gasteiger partial charge in [0.25, 0.3) is 11.6 Å². The first-order chi connectivity index (χ1) is 12.5. The van der Waals surface area contributed by atoms with Gasteiger partial charge in [0.1, 0.15) is 0 Å². The lowest BCUT2D eigenvalue weighted by Gasteiger charge is -2.09. The maximum atomic E-state index is 13.3. The molecule has 0 atom stereocenters. The van der Waals surface area contributed by atoms with E-state index >= 15 is 0 Å². The Balaban J connectivity index is 1.68. The molecule has 26 heavy (non-hydrogen) atoms. The first kappa shape index (κ1) is 19.2. The Morgan fingerprint density at radius 1 is 1.08 bits per heavy atom. The molecule has 136 valence electrons. The van der Waals surface area contributed by atoms with Crippen LogP contribution < -0.4 is 15.6 Å². The molecule has 8 nitrogen and oxygen atoms in total. The van der Waals surface area contributed by atoms with Gasteiger partial charge in [-0.1, -0.05) is 12.1 Å². The predicted octanol–water partition coefficient (Wildman–Crippen LogP) is 2.05. The van der Waals surface area contributed by atoms with Gasteiger partial charge >= 0.3 is 0 Å². The number of hydrazine groups is 1. The molecule has 0 heterocycles. The van der Waals surface area contributed by atoms with Gasteiger partial charge in [-0.15, -0.1) is 11.8 Å². The van der Waals surface area contributed by atoms with Gasteiger partial charge in [-0.2, -0.15) is 0 Å². The molecule has 0 bridgehead atoms. The number of carbonyl (C=O) groups is 2. The first-order valence-electron chi connectivity index (χ1n) is 7.28. The molecule has 0 unspecified atom stereocenters. The number of nitro benzene ring substituents is 1. The fourth-order valence-corrected chi connectivity index (χ4v) is 2.43. The first-order valence-corrected chi connectivity index (χ1v) is 8.26. The van der Waals surface area contributed by atoms with E-state index in [9.17, 15) is 24.1 Å². The van der Waals surface area contributed by atoms with E-state index in [1.54, 1.807) is 6.07 Å². The van der Waals surface area contributed by atoms with Crippen LogP contribution >= 0.6 is 11.8 Å². The Hall–Kier alpha value is -3.14. The van der Waals surface area contributed by atoms with Crippen molar-refractivity contribution in [1.29, 1.82) is 0 Å². The number of nitrogens with one attached hydrogen (secondary N) is 2. The number of nitro groups is 1. The summed E-state index contributed by atoms with van der Waals surface area (Å²) in [6.07, 6.45) is 0. The number of hydrogen-bond acceptors (Lipinski definition) is 6. The summed E-state index contributed by atoms with van der Waals surface area (Å²) in [6.45, 7) is -0.462. The van der Waals surface area contributed by atoms with Gasteiger partial charge < -0.3 is 4.74 Å². The van der Waals surface area contributed by atoms with E-state index in [0.29, 0.717) is 4.90 Å². The number of benzene rings is 2. The molecule has 0 aromatic heterocycles. The van der Waals surface area contributed by atoms with Crippen LogP contribution in [-0.4, -0.2) is 29.1 Å². The molecule has 0 radical (unpaired) electrons. The van der Waals surface area contributed by atoms with E-state index in [2.05, 4.69) is 10.9 Å². The number of rotatable bonds is 7. The van der Waals surface area contributed by atoms with Crippen molar-refractivity contribution in [1.82, 2.24) is 10.9 Å². The van der Waals surface area contributed by atoms with Crippen molar-refractivity contribution in [3.05, 3.63) is 64.5 Å². The third-order valence-corrected chi connectivity index (χ3v) is 3.97. The van der Waals surface area contributed by atoms with Gasteiger partial charge in [-0.3, -0.25) is 30.6 Å². The highest BCUT2D eigenvalue weighted by molar-refractivity contribution is 8.00. The molecule has 2 amide bonds. The Labute approximate surface area is 151 Å². The minimum atomic E-state index is -0.651. The van der Waals surface area contributed by atoms with Gasteiger partial charge in [0.2, 0.25) is 5.91 Å². The maximum Gasteiger partial charge on any atom is 0.276 e. The van der Waals surface area contributed by atoms with E-state index in [1.165, 1.54) is 42.5 Å². The number of non-ortho nitro benzene ring substituents is 1. The lowest BCUT2D eigenvalue weighted by molar-refractivity contribution is -0.384. The molecule has 0 fully saturated rings. The lowest BCUT2D eigenvalue weighted by Crippen LogP contribution is -2.44. The number of halogens is 1. The molecule has 10 heteroatoms. The zero-order valence-electron chi connectivity index (χ0n) is 13.3. The summed E-state index contributed by atoms with van der Waals surface area (Å²) in [4.78, 5) is 33.9. The van der Waals surface area contributed by atoms with E-state index in [-0.39, 0.29) is 17.2 Å². The average Bonchev–Trinajstić information content (AvgIpc) is 2.64. The smallest absolute Gasteiger partial charge is 0.276 e. The summed E-state index contributed by atoms with van der Waals surface area (Å²) in [5, 5.41) is 10.6. The second-order valence-corrected chi connectivity index (χ2v) is 5.90. The number of para-hydroxylation sites is 1. The van der Waals surface area contributed by atoms with Crippen LogP contribution in [0.2, 0.25) is 0 Å². The fourth-order valence-electron chi connectivity index (χ4n) is 1.73. The molecule has 0 spiro atoms. The second kappa shape index (κ2) is 9.37. The second-order valence-electron chi connectivity index (χ2n) is 4.86. The van der Waals surface area contributed by atoms with Crippen LogP contribution in [0.3, 0.4) is 0 Å². The summed E-state index contributed by atoms with van der Waals surface area (Å²) in [6, 6.07) is 11.4. The summed E-state index contributed by atoms with van der Waals surface area (Å²) < 4.78 is 18.3.